The third-order valence-electron chi connectivity index (χ3n) is 3.25. The lowest BCUT2D eigenvalue weighted by molar-refractivity contribution is -0.0545. The Morgan fingerprint density at radius 1 is 1.42 bits per heavy atom. The van der Waals surface area contributed by atoms with Gasteiger partial charge < -0.3 is 30.5 Å². The second-order valence-electron chi connectivity index (χ2n) is 4.94. The first-order valence-corrected chi connectivity index (χ1v) is 7.96. The zero-order chi connectivity index (χ0) is 18.2. The average Bonchev–Trinajstić information content (AvgIpc) is 2.71. The first-order valence-electron chi connectivity index (χ1n) is 6.43. The van der Waals surface area contributed by atoms with Gasteiger partial charge in [-0.15, -0.1) is 0 Å². The molecule has 0 bridgehead atoms. The minimum Gasteiger partial charge on any atom is -0.387 e. The highest BCUT2D eigenvalue weighted by molar-refractivity contribution is 7.46. The average molecular weight is 366 g/mol. The fourth-order valence-corrected chi connectivity index (χ4v) is 2.56. The molecule has 1 aliphatic heterocycles. The number of nitrogen functional groups attached to an aromatic ring is 1. The van der Waals surface area contributed by atoms with Gasteiger partial charge in [0.25, 0.3) is 5.56 Å². The van der Waals surface area contributed by atoms with Crippen molar-refractivity contribution in [2.75, 3.05) is 6.61 Å². The number of aliphatic hydroxyl groups is 2. The van der Waals surface area contributed by atoms with Crippen molar-refractivity contribution in [2.45, 2.75) is 24.5 Å². The Balaban J connectivity index is 2.37. The van der Waals surface area contributed by atoms with Gasteiger partial charge in [0.05, 0.1) is 12.3 Å². The van der Waals surface area contributed by atoms with Crippen LogP contribution in [0.2, 0.25) is 0 Å². The van der Waals surface area contributed by atoms with Crippen LogP contribution in [0.1, 0.15) is 11.9 Å². The van der Waals surface area contributed by atoms with Crippen molar-refractivity contribution < 1.29 is 33.8 Å². The van der Waals surface area contributed by atoms with E-state index >= 15 is 0 Å². The molecule has 1 fully saturated rings. The number of ether oxygens (including phenoxy) is 1. The Morgan fingerprint density at radius 2 is 2.04 bits per heavy atom. The van der Waals surface area contributed by atoms with Crippen molar-refractivity contribution in [3.63, 3.8) is 0 Å². The van der Waals surface area contributed by atoms with Crippen molar-refractivity contribution >= 4 is 13.7 Å². The molecule has 2 rings (SSSR count). The van der Waals surface area contributed by atoms with Crippen LogP contribution in [0.25, 0.3) is 0 Å². The minimum atomic E-state index is -4.84. The molecule has 4 atom stereocenters. The zero-order valence-corrected chi connectivity index (χ0v) is 12.8. The van der Waals surface area contributed by atoms with E-state index in [0.717, 1.165) is 6.07 Å². The van der Waals surface area contributed by atoms with E-state index in [-0.39, 0.29) is 5.69 Å². The molecule has 0 unspecified atom stereocenters. The van der Waals surface area contributed by atoms with Gasteiger partial charge in [0.15, 0.2) is 6.23 Å². The highest BCUT2D eigenvalue weighted by Crippen LogP contribution is 2.38. The van der Waals surface area contributed by atoms with Crippen LogP contribution in [0.15, 0.2) is 15.7 Å². The first kappa shape index (κ1) is 18.5. The Bertz CT molecular complexity index is 798. The number of aromatic amines is 1. The van der Waals surface area contributed by atoms with Crippen LogP contribution < -0.4 is 17.0 Å². The van der Waals surface area contributed by atoms with Gasteiger partial charge in [-0.1, -0.05) is 0 Å². The van der Waals surface area contributed by atoms with E-state index in [1.807, 2.05) is 4.98 Å². The summed E-state index contributed by atoms with van der Waals surface area (Å²) in [6, 6.07) is 0.825. The maximum atomic E-state index is 12.0. The summed E-state index contributed by atoms with van der Waals surface area (Å²) in [7, 11) is -4.84. The van der Waals surface area contributed by atoms with Crippen molar-refractivity contribution in [1.82, 2.24) is 9.55 Å². The maximum Gasteiger partial charge on any atom is 0.469 e. The Hall–Kier alpha value is -1.86. The number of rotatable bonds is 5. The summed E-state index contributed by atoms with van der Waals surface area (Å²) in [6.07, 6.45) is -6.30. The zero-order valence-electron chi connectivity index (χ0n) is 11.9. The lowest BCUT2D eigenvalue weighted by Crippen LogP contribution is -2.41. The molecule has 2 heterocycles. The molecule has 1 aromatic rings. The fraction of sp³-hybridized carbons (Fsp3) is 0.500. The number of nitrogens with zero attached hydrogens (tertiary/aromatic N) is 1. The number of phosphoric ester groups is 1. The van der Waals surface area contributed by atoms with Gasteiger partial charge in [0.2, 0.25) is 0 Å². The number of aromatic nitrogens is 2. The predicted octanol–water partition coefficient (Wildman–Crippen LogP) is -3.45. The number of hydrogen-bond donors (Lipinski definition) is 7. The van der Waals surface area contributed by atoms with Crippen molar-refractivity contribution in [3.05, 3.63) is 32.6 Å². The summed E-state index contributed by atoms with van der Waals surface area (Å²) >= 11 is 0. The van der Waals surface area contributed by atoms with E-state index in [1.165, 1.54) is 0 Å². The number of nitrogens with two attached hydrogens (primary N) is 1. The lowest BCUT2D eigenvalue weighted by Gasteiger charge is -2.20. The SMILES string of the molecule is N=C(N)c1cc(=O)[nH]c(=O)n1[C@@H]1O[C@H](COP(=O)(O)O)[C@@H](O)[C@H]1O. The second-order valence-corrected chi connectivity index (χ2v) is 6.18. The molecule has 0 aliphatic carbocycles. The summed E-state index contributed by atoms with van der Waals surface area (Å²) in [5.41, 5.74) is 3.04. The number of H-pyrrole nitrogens is 1. The fourth-order valence-electron chi connectivity index (χ4n) is 2.22. The van der Waals surface area contributed by atoms with Gasteiger partial charge in [-0.3, -0.25) is 24.3 Å². The van der Waals surface area contributed by atoms with Crippen molar-refractivity contribution in [2.24, 2.45) is 5.73 Å². The van der Waals surface area contributed by atoms with Crippen LogP contribution >= 0.6 is 7.82 Å². The summed E-state index contributed by atoms with van der Waals surface area (Å²) in [5, 5.41) is 27.3. The molecule has 14 heteroatoms. The van der Waals surface area contributed by atoms with Crippen LogP contribution in [0, 0.1) is 5.41 Å². The van der Waals surface area contributed by atoms with Crippen LogP contribution in [0.5, 0.6) is 0 Å². The third-order valence-corrected chi connectivity index (χ3v) is 3.74. The summed E-state index contributed by atoms with van der Waals surface area (Å²) in [4.78, 5) is 42.5. The smallest absolute Gasteiger partial charge is 0.387 e. The number of aliphatic hydroxyl groups excluding tert-OH is 2. The third kappa shape index (κ3) is 3.79. The quantitative estimate of drug-likeness (QED) is 0.155. The number of phosphoric acid groups is 1. The molecule has 134 valence electrons. The summed E-state index contributed by atoms with van der Waals surface area (Å²) in [6.45, 7) is -0.771. The largest absolute Gasteiger partial charge is 0.469 e. The highest BCUT2D eigenvalue weighted by atomic mass is 31.2. The molecule has 0 aromatic carbocycles. The predicted molar refractivity (Wildman–Crippen MR) is 76.3 cm³/mol. The van der Waals surface area contributed by atoms with Gasteiger partial charge >= 0.3 is 13.5 Å². The summed E-state index contributed by atoms with van der Waals surface area (Å²) in [5.74, 6) is -0.668. The molecule has 0 saturated carbocycles. The summed E-state index contributed by atoms with van der Waals surface area (Å²) < 4.78 is 20.7. The van der Waals surface area contributed by atoms with Crippen molar-refractivity contribution in [3.8, 4) is 0 Å². The van der Waals surface area contributed by atoms with E-state index in [9.17, 15) is 24.4 Å². The topological polar surface area (TPSA) is 221 Å². The molecule has 0 radical (unpaired) electrons. The molecule has 1 aliphatic rings. The Labute approximate surface area is 133 Å². The lowest BCUT2D eigenvalue weighted by atomic mass is 10.1. The molecule has 1 aromatic heterocycles. The van der Waals surface area contributed by atoms with Gasteiger partial charge in [-0.2, -0.15) is 0 Å². The Kier molecular flexibility index (Phi) is 5.05. The van der Waals surface area contributed by atoms with E-state index in [4.69, 9.17) is 25.7 Å². The highest BCUT2D eigenvalue weighted by Gasteiger charge is 2.45. The second kappa shape index (κ2) is 6.57. The van der Waals surface area contributed by atoms with E-state index in [1.54, 1.807) is 0 Å². The van der Waals surface area contributed by atoms with E-state index in [2.05, 4.69) is 4.52 Å². The standard InChI is InChI=1S/C10H15N4O9P/c11-8(12)3-1-5(15)13-10(18)14(3)9-7(17)6(16)4(23-9)2-22-24(19,20)21/h1,4,6-7,9,16-17H,2H2,(H3,11,12)(H,13,15,18)(H2,19,20,21)/t4-,6-,7-,9-/m1/s1. The molecular formula is C10H15N4O9P. The first-order chi connectivity index (χ1) is 11.0. The monoisotopic (exact) mass is 366 g/mol. The molecule has 13 nitrogen and oxygen atoms in total. The normalized spacial score (nSPS) is 27.3. The van der Waals surface area contributed by atoms with Crippen LogP contribution in [0.4, 0.5) is 0 Å². The number of hydrogen-bond acceptors (Lipinski definition) is 8. The van der Waals surface area contributed by atoms with Crippen LogP contribution in [-0.2, 0) is 13.8 Å². The van der Waals surface area contributed by atoms with Crippen LogP contribution in [0.3, 0.4) is 0 Å². The van der Waals surface area contributed by atoms with Gasteiger partial charge in [-0.25, -0.2) is 9.36 Å². The van der Waals surface area contributed by atoms with Gasteiger partial charge in [0.1, 0.15) is 24.1 Å². The van der Waals surface area contributed by atoms with E-state index < -0.39 is 56.1 Å². The molecular weight excluding hydrogens is 351 g/mol. The molecule has 24 heavy (non-hydrogen) atoms. The number of nitrogens with one attached hydrogen (secondary N) is 2. The van der Waals surface area contributed by atoms with Crippen molar-refractivity contribution in [1.29, 1.82) is 5.41 Å². The van der Waals surface area contributed by atoms with Crippen LogP contribution in [-0.4, -0.2) is 60.3 Å². The molecule has 1 saturated heterocycles. The molecule has 0 spiro atoms. The number of amidine groups is 1. The molecule has 8 N–H and O–H groups in total. The van der Waals surface area contributed by atoms with E-state index in [0.29, 0.717) is 4.57 Å². The molecule has 0 amide bonds. The van der Waals surface area contributed by atoms with Gasteiger partial charge in [0, 0.05) is 6.07 Å². The van der Waals surface area contributed by atoms with Gasteiger partial charge in [-0.05, 0) is 0 Å². The Morgan fingerprint density at radius 3 is 2.58 bits per heavy atom. The maximum absolute atomic E-state index is 12.0. The minimum absolute atomic E-state index is 0.364.